The molecule has 0 radical (unpaired) electrons. The van der Waals surface area contributed by atoms with E-state index in [1.807, 2.05) is 67.6 Å². The highest BCUT2D eigenvalue weighted by atomic mass is 16.2. The van der Waals surface area contributed by atoms with Crippen LogP contribution in [-0.2, 0) is 22.6 Å². The summed E-state index contributed by atoms with van der Waals surface area (Å²) in [5, 5.41) is 2.87. The molecule has 1 heterocycles. The molecule has 1 aliphatic rings. The smallest absolute Gasteiger partial charge is 0.246 e. The van der Waals surface area contributed by atoms with Crippen LogP contribution in [0.25, 0.3) is 0 Å². The number of rotatable bonds is 5. The van der Waals surface area contributed by atoms with Gasteiger partial charge in [-0.15, -0.1) is 0 Å². The Balaban J connectivity index is 1.87. The van der Waals surface area contributed by atoms with Crippen molar-refractivity contribution in [1.82, 2.24) is 10.2 Å². The predicted octanol–water partition coefficient (Wildman–Crippen LogP) is 2.53. The number of carbonyl (C=O) groups excluding carboxylic acids is 2. The molecule has 3 rings (SSSR count). The number of hydrogen-bond donors (Lipinski definition) is 1. The molecule has 1 saturated heterocycles. The van der Waals surface area contributed by atoms with Gasteiger partial charge in [0.2, 0.25) is 11.8 Å². The third-order valence-corrected chi connectivity index (χ3v) is 4.45. The maximum Gasteiger partial charge on any atom is 0.246 e. The molecule has 4 heteroatoms. The number of carbonyl (C=O) groups is 2. The van der Waals surface area contributed by atoms with E-state index in [9.17, 15) is 9.59 Å². The molecule has 124 valence electrons. The molecule has 4 nitrogen and oxygen atoms in total. The van der Waals surface area contributed by atoms with Gasteiger partial charge in [0, 0.05) is 13.0 Å². The number of benzene rings is 2. The van der Waals surface area contributed by atoms with Crippen molar-refractivity contribution in [2.24, 2.45) is 0 Å². The van der Waals surface area contributed by atoms with Gasteiger partial charge >= 0.3 is 0 Å². The third kappa shape index (κ3) is 3.48. The second kappa shape index (κ2) is 7.30. The first kappa shape index (κ1) is 16.2. The van der Waals surface area contributed by atoms with Gasteiger partial charge in [0.25, 0.3) is 0 Å². The molecule has 0 bridgehead atoms. The van der Waals surface area contributed by atoms with Gasteiger partial charge in [-0.05, 0) is 17.5 Å². The third-order valence-electron chi connectivity index (χ3n) is 4.45. The molecule has 2 unspecified atom stereocenters. The van der Waals surface area contributed by atoms with Crippen LogP contribution < -0.4 is 5.32 Å². The van der Waals surface area contributed by atoms with E-state index in [0.29, 0.717) is 19.4 Å². The largest absolute Gasteiger partial charge is 0.343 e. The monoisotopic (exact) mass is 322 g/mol. The Morgan fingerprint density at radius 2 is 1.50 bits per heavy atom. The fourth-order valence-electron chi connectivity index (χ4n) is 3.11. The lowest BCUT2D eigenvalue weighted by atomic mass is 9.98. The first-order valence-corrected chi connectivity index (χ1v) is 8.37. The lowest BCUT2D eigenvalue weighted by Gasteiger charge is -2.39. The van der Waals surface area contributed by atoms with E-state index in [4.69, 9.17) is 0 Å². The second-order valence-corrected chi connectivity index (χ2v) is 6.13. The van der Waals surface area contributed by atoms with Gasteiger partial charge in [0.05, 0.1) is 0 Å². The van der Waals surface area contributed by atoms with Crippen LogP contribution in [-0.4, -0.2) is 28.8 Å². The summed E-state index contributed by atoms with van der Waals surface area (Å²) in [4.78, 5) is 27.2. The minimum absolute atomic E-state index is 0.00174. The minimum Gasteiger partial charge on any atom is -0.343 e. The molecule has 1 N–H and O–H groups in total. The Hall–Kier alpha value is -2.62. The standard InChI is InChI=1S/C20H22N2O2/c1-2-17-20(24)22(14-16-11-7-4-8-12-16)18(19(23)21-17)13-15-9-5-3-6-10-15/h3-12,17-18H,2,13-14H2,1H3,(H,21,23). The number of nitrogens with one attached hydrogen (secondary N) is 1. The molecule has 0 aromatic heterocycles. The van der Waals surface area contributed by atoms with E-state index in [-0.39, 0.29) is 11.8 Å². The second-order valence-electron chi connectivity index (χ2n) is 6.13. The normalized spacial score (nSPS) is 20.8. The van der Waals surface area contributed by atoms with Crippen LogP contribution >= 0.6 is 0 Å². The van der Waals surface area contributed by atoms with Gasteiger partial charge in [0.1, 0.15) is 12.1 Å². The molecule has 2 atom stereocenters. The molecule has 2 aromatic carbocycles. The maximum absolute atomic E-state index is 12.8. The molecule has 24 heavy (non-hydrogen) atoms. The van der Waals surface area contributed by atoms with Gasteiger partial charge in [0.15, 0.2) is 0 Å². The number of hydrogen-bond acceptors (Lipinski definition) is 2. The Kier molecular flexibility index (Phi) is 4.94. The van der Waals surface area contributed by atoms with Crippen molar-refractivity contribution < 1.29 is 9.59 Å². The van der Waals surface area contributed by atoms with Gasteiger partial charge < -0.3 is 10.2 Å². The molecule has 0 aliphatic carbocycles. The number of piperazine rings is 1. The van der Waals surface area contributed by atoms with Crippen LogP contribution in [0.15, 0.2) is 60.7 Å². The van der Waals surface area contributed by atoms with E-state index < -0.39 is 12.1 Å². The van der Waals surface area contributed by atoms with Gasteiger partial charge in [-0.2, -0.15) is 0 Å². The Bertz CT molecular complexity index is 700. The van der Waals surface area contributed by atoms with E-state index in [0.717, 1.165) is 11.1 Å². The zero-order valence-corrected chi connectivity index (χ0v) is 13.8. The van der Waals surface area contributed by atoms with Crippen molar-refractivity contribution in [3.8, 4) is 0 Å². The van der Waals surface area contributed by atoms with Gasteiger partial charge in [-0.1, -0.05) is 67.6 Å². The lowest BCUT2D eigenvalue weighted by Crippen LogP contribution is -2.63. The fraction of sp³-hybridized carbons (Fsp3) is 0.300. The summed E-state index contributed by atoms with van der Waals surface area (Å²) in [6, 6.07) is 18.8. The Labute approximate surface area is 142 Å². The van der Waals surface area contributed by atoms with Crippen molar-refractivity contribution >= 4 is 11.8 Å². The van der Waals surface area contributed by atoms with E-state index >= 15 is 0 Å². The SMILES string of the molecule is CCC1NC(=O)C(Cc2ccccc2)N(Cc2ccccc2)C1=O. The highest BCUT2D eigenvalue weighted by molar-refractivity contribution is 5.97. The van der Waals surface area contributed by atoms with Crippen LogP contribution in [0.5, 0.6) is 0 Å². The topological polar surface area (TPSA) is 49.4 Å². The Morgan fingerprint density at radius 1 is 0.917 bits per heavy atom. The van der Waals surface area contributed by atoms with E-state index in [2.05, 4.69) is 5.32 Å². The van der Waals surface area contributed by atoms with Crippen LogP contribution in [0.1, 0.15) is 24.5 Å². The maximum atomic E-state index is 12.8. The summed E-state index contributed by atoms with van der Waals surface area (Å²) in [6.45, 7) is 2.38. The molecule has 1 fully saturated rings. The van der Waals surface area contributed by atoms with Crippen molar-refractivity contribution in [1.29, 1.82) is 0 Å². The summed E-state index contributed by atoms with van der Waals surface area (Å²) in [7, 11) is 0. The minimum atomic E-state index is -0.470. The van der Waals surface area contributed by atoms with Crippen molar-refractivity contribution in [2.45, 2.75) is 38.4 Å². The average Bonchev–Trinajstić information content (AvgIpc) is 2.62. The van der Waals surface area contributed by atoms with Crippen LogP contribution in [0, 0.1) is 0 Å². The molecule has 2 aromatic rings. The number of nitrogens with zero attached hydrogens (tertiary/aromatic N) is 1. The zero-order valence-electron chi connectivity index (χ0n) is 13.8. The van der Waals surface area contributed by atoms with E-state index in [1.54, 1.807) is 4.90 Å². The summed E-state index contributed by atoms with van der Waals surface area (Å²) < 4.78 is 0. The summed E-state index contributed by atoms with van der Waals surface area (Å²) in [5.74, 6) is -0.0666. The molecule has 2 amide bonds. The van der Waals surface area contributed by atoms with Gasteiger partial charge in [-0.25, -0.2) is 0 Å². The lowest BCUT2D eigenvalue weighted by molar-refractivity contribution is -0.150. The van der Waals surface area contributed by atoms with Crippen molar-refractivity contribution in [3.63, 3.8) is 0 Å². The molecule has 0 spiro atoms. The highest BCUT2D eigenvalue weighted by Gasteiger charge is 2.39. The first-order valence-electron chi connectivity index (χ1n) is 8.37. The van der Waals surface area contributed by atoms with Crippen LogP contribution in [0.2, 0.25) is 0 Å². The fourth-order valence-corrected chi connectivity index (χ4v) is 3.11. The van der Waals surface area contributed by atoms with Crippen molar-refractivity contribution in [2.75, 3.05) is 0 Å². The first-order chi connectivity index (χ1) is 11.7. The van der Waals surface area contributed by atoms with Crippen molar-refractivity contribution in [3.05, 3.63) is 71.8 Å². The zero-order chi connectivity index (χ0) is 16.9. The summed E-state index contributed by atoms with van der Waals surface area (Å²) >= 11 is 0. The predicted molar refractivity (Wildman–Crippen MR) is 93.1 cm³/mol. The molecule has 0 saturated carbocycles. The average molecular weight is 322 g/mol. The number of amides is 2. The van der Waals surface area contributed by atoms with Crippen LogP contribution in [0.3, 0.4) is 0 Å². The molecule has 1 aliphatic heterocycles. The Morgan fingerprint density at radius 3 is 2.08 bits per heavy atom. The summed E-state index contributed by atoms with van der Waals surface area (Å²) in [5.41, 5.74) is 2.09. The van der Waals surface area contributed by atoms with E-state index in [1.165, 1.54) is 0 Å². The molecular formula is C20H22N2O2. The summed E-state index contributed by atoms with van der Waals surface area (Å²) in [6.07, 6.45) is 1.13. The molecular weight excluding hydrogens is 300 g/mol. The van der Waals surface area contributed by atoms with Crippen LogP contribution in [0.4, 0.5) is 0 Å². The highest BCUT2D eigenvalue weighted by Crippen LogP contribution is 2.19. The quantitative estimate of drug-likeness (QED) is 0.919. The van der Waals surface area contributed by atoms with Gasteiger partial charge in [-0.3, -0.25) is 9.59 Å².